The average molecular weight is 267 g/mol. The normalized spacial score (nSPS) is 12.2. The Morgan fingerprint density at radius 2 is 2.05 bits per heavy atom. The van der Waals surface area contributed by atoms with Crippen LogP contribution in [0.15, 0.2) is 6.33 Å². The summed E-state index contributed by atoms with van der Waals surface area (Å²) in [5.41, 5.74) is 3.64. The Morgan fingerprint density at radius 1 is 1.32 bits per heavy atom. The van der Waals surface area contributed by atoms with Crippen molar-refractivity contribution in [3.05, 3.63) is 11.9 Å². The van der Waals surface area contributed by atoms with E-state index in [4.69, 9.17) is 10.9 Å². The van der Waals surface area contributed by atoms with Gasteiger partial charge in [0, 0.05) is 18.7 Å². The molecule has 1 aromatic rings. The first-order valence-corrected chi connectivity index (χ1v) is 6.91. The van der Waals surface area contributed by atoms with Gasteiger partial charge in [0.1, 0.15) is 18.0 Å². The van der Waals surface area contributed by atoms with Crippen LogP contribution in [0.1, 0.15) is 38.7 Å². The van der Waals surface area contributed by atoms with Crippen molar-refractivity contribution in [3.8, 4) is 0 Å². The van der Waals surface area contributed by atoms with E-state index in [1.807, 2.05) is 0 Å². The molecule has 6 nitrogen and oxygen atoms in total. The van der Waals surface area contributed by atoms with Crippen LogP contribution in [0.4, 0.5) is 11.6 Å². The van der Waals surface area contributed by atoms with E-state index in [2.05, 4.69) is 34.6 Å². The van der Waals surface area contributed by atoms with Crippen molar-refractivity contribution in [2.24, 2.45) is 11.8 Å². The maximum Gasteiger partial charge on any atom is 0.148 e. The first-order valence-electron chi connectivity index (χ1n) is 6.91. The minimum Gasteiger partial charge on any atom is -0.396 e. The van der Waals surface area contributed by atoms with Crippen molar-refractivity contribution in [2.75, 3.05) is 23.9 Å². The van der Waals surface area contributed by atoms with E-state index < -0.39 is 0 Å². The van der Waals surface area contributed by atoms with Crippen molar-refractivity contribution >= 4 is 11.6 Å². The molecule has 1 unspecified atom stereocenters. The molecular formula is C13H25N5O. The van der Waals surface area contributed by atoms with Gasteiger partial charge in [-0.25, -0.2) is 15.8 Å². The lowest BCUT2D eigenvalue weighted by Gasteiger charge is -2.17. The van der Waals surface area contributed by atoms with Crippen molar-refractivity contribution in [2.45, 2.75) is 39.5 Å². The molecule has 6 heteroatoms. The molecule has 0 aliphatic rings. The molecule has 5 N–H and O–H groups in total. The average Bonchev–Trinajstić information content (AvgIpc) is 2.44. The minimum absolute atomic E-state index is 0.224. The molecule has 0 bridgehead atoms. The fourth-order valence-electron chi connectivity index (χ4n) is 2.05. The van der Waals surface area contributed by atoms with Gasteiger partial charge in [-0.2, -0.15) is 0 Å². The van der Waals surface area contributed by atoms with Crippen LogP contribution in [0.25, 0.3) is 0 Å². The van der Waals surface area contributed by atoms with Crippen LogP contribution in [0, 0.1) is 5.92 Å². The zero-order chi connectivity index (χ0) is 14.1. The summed E-state index contributed by atoms with van der Waals surface area (Å²) < 4.78 is 0. The lowest BCUT2D eigenvalue weighted by atomic mass is 10.0. The van der Waals surface area contributed by atoms with Gasteiger partial charge >= 0.3 is 0 Å². The molecule has 0 aliphatic carbocycles. The van der Waals surface area contributed by atoms with E-state index >= 15 is 0 Å². The maximum absolute atomic E-state index is 9.01. The van der Waals surface area contributed by atoms with Crippen molar-refractivity contribution in [1.82, 2.24) is 9.97 Å². The third-order valence-electron chi connectivity index (χ3n) is 3.25. The second-order valence-corrected chi connectivity index (χ2v) is 4.61. The molecule has 108 valence electrons. The summed E-state index contributed by atoms with van der Waals surface area (Å²) >= 11 is 0. The molecule has 1 heterocycles. The predicted molar refractivity (Wildman–Crippen MR) is 77.8 cm³/mol. The van der Waals surface area contributed by atoms with Gasteiger partial charge in [0.25, 0.3) is 0 Å². The molecule has 0 aromatic carbocycles. The van der Waals surface area contributed by atoms with Crippen LogP contribution in [0.2, 0.25) is 0 Å². The maximum atomic E-state index is 9.01. The van der Waals surface area contributed by atoms with Gasteiger partial charge in [-0.3, -0.25) is 0 Å². The molecule has 0 radical (unpaired) electrons. The largest absolute Gasteiger partial charge is 0.396 e. The molecule has 1 rings (SSSR count). The number of anilines is 2. The van der Waals surface area contributed by atoms with Gasteiger partial charge in [0.15, 0.2) is 0 Å². The van der Waals surface area contributed by atoms with Crippen molar-refractivity contribution in [3.63, 3.8) is 0 Å². The summed E-state index contributed by atoms with van der Waals surface area (Å²) in [6.07, 6.45) is 5.22. The highest BCUT2D eigenvalue weighted by atomic mass is 16.3. The van der Waals surface area contributed by atoms with Gasteiger partial charge in [0.2, 0.25) is 0 Å². The zero-order valence-corrected chi connectivity index (χ0v) is 11.8. The van der Waals surface area contributed by atoms with E-state index in [9.17, 15) is 0 Å². The standard InChI is InChI=1S/C13H25N5O/c1-3-5-11-12(16-9-17-13(11)18-14)15-8-10(4-2)6-7-19/h9-10,19H,3-8,14H2,1-2H3,(H2,15,16,17,18). The molecular weight excluding hydrogens is 242 g/mol. The van der Waals surface area contributed by atoms with Crippen molar-refractivity contribution < 1.29 is 5.11 Å². The fourth-order valence-corrected chi connectivity index (χ4v) is 2.05. The third kappa shape index (κ3) is 4.65. The summed E-state index contributed by atoms with van der Waals surface area (Å²) in [6.45, 7) is 5.26. The molecule has 1 aromatic heterocycles. The van der Waals surface area contributed by atoms with Crippen molar-refractivity contribution in [1.29, 1.82) is 0 Å². The number of hydrazine groups is 1. The number of aromatic nitrogens is 2. The molecule has 19 heavy (non-hydrogen) atoms. The number of rotatable bonds is 9. The Bertz CT molecular complexity index is 372. The smallest absolute Gasteiger partial charge is 0.148 e. The Balaban J connectivity index is 2.76. The molecule has 0 spiro atoms. The van der Waals surface area contributed by atoms with Crippen LogP contribution in [-0.4, -0.2) is 28.2 Å². The lowest BCUT2D eigenvalue weighted by Crippen LogP contribution is -2.18. The number of nitrogens with two attached hydrogens (primary N) is 1. The summed E-state index contributed by atoms with van der Waals surface area (Å²) in [5, 5.41) is 12.4. The van der Waals surface area contributed by atoms with Crippen LogP contribution >= 0.6 is 0 Å². The van der Waals surface area contributed by atoms with Gasteiger partial charge < -0.3 is 15.8 Å². The van der Waals surface area contributed by atoms with Crippen LogP contribution < -0.4 is 16.6 Å². The summed E-state index contributed by atoms with van der Waals surface area (Å²) in [5.74, 6) is 7.44. The number of aliphatic hydroxyl groups is 1. The molecule has 0 amide bonds. The number of hydrogen-bond acceptors (Lipinski definition) is 6. The topological polar surface area (TPSA) is 96.1 Å². The van der Waals surface area contributed by atoms with Crippen LogP contribution in [0.5, 0.6) is 0 Å². The molecule has 0 fully saturated rings. The molecule has 0 aliphatic heterocycles. The second-order valence-electron chi connectivity index (χ2n) is 4.61. The molecule has 0 saturated heterocycles. The first kappa shape index (κ1) is 15.7. The number of nitrogen functional groups attached to an aromatic ring is 1. The molecule has 0 saturated carbocycles. The van der Waals surface area contributed by atoms with E-state index in [1.165, 1.54) is 6.33 Å². The Labute approximate surface area is 114 Å². The highest BCUT2D eigenvalue weighted by Gasteiger charge is 2.11. The summed E-state index contributed by atoms with van der Waals surface area (Å²) in [7, 11) is 0. The third-order valence-corrected chi connectivity index (χ3v) is 3.25. The number of nitrogens with one attached hydrogen (secondary N) is 2. The number of nitrogens with zero attached hydrogens (tertiary/aromatic N) is 2. The highest BCUT2D eigenvalue weighted by molar-refractivity contribution is 5.56. The summed E-state index contributed by atoms with van der Waals surface area (Å²) in [6, 6.07) is 0. The minimum atomic E-state index is 0.224. The van der Waals surface area contributed by atoms with E-state index in [1.54, 1.807) is 0 Å². The quantitative estimate of drug-likeness (QED) is 0.400. The van der Waals surface area contributed by atoms with Gasteiger partial charge in [0.05, 0.1) is 0 Å². The lowest BCUT2D eigenvalue weighted by molar-refractivity contribution is 0.258. The molecule has 1 atom stereocenters. The number of hydrogen-bond donors (Lipinski definition) is 4. The number of aliphatic hydroxyl groups excluding tert-OH is 1. The van der Waals surface area contributed by atoms with Crippen LogP contribution in [-0.2, 0) is 6.42 Å². The monoisotopic (exact) mass is 267 g/mol. The van der Waals surface area contributed by atoms with E-state index in [0.29, 0.717) is 11.7 Å². The second kappa shape index (κ2) is 8.66. The van der Waals surface area contributed by atoms with Gasteiger partial charge in [-0.05, 0) is 18.8 Å². The summed E-state index contributed by atoms with van der Waals surface area (Å²) in [4.78, 5) is 8.42. The highest BCUT2D eigenvalue weighted by Crippen LogP contribution is 2.21. The fraction of sp³-hybridized carbons (Fsp3) is 0.692. The van der Waals surface area contributed by atoms with E-state index in [0.717, 1.165) is 43.6 Å². The van der Waals surface area contributed by atoms with E-state index in [-0.39, 0.29) is 6.61 Å². The SMILES string of the molecule is CCCc1c(NN)ncnc1NCC(CC)CCO. The Morgan fingerprint density at radius 3 is 2.63 bits per heavy atom. The zero-order valence-electron chi connectivity index (χ0n) is 11.8. The predicted octanol–water partition coefficient (Wildman–Crippen LogP) is 1.54. The van der Waals surface area contributed by atoms with Gasteiger partial charge in [-0.1, -0.05) is 26.7 Å². The Kier molecular flexibility index (Phi) is 7.14. The van der Waals surface area contributed by atoms with Crippen LogP contribution in [0.3, 0.4) is 0 Å². The first-order chi connectivity index (χ1) is 9.26. The van der Waals surface area contributed by atoms with Gasteiger partial charge in [-0.15, -0.1) is 0 Å². The Hall–Kier alpha value is -1.40.